The molecule has 0 saturated carbocycles. The molecule has 1 unspecified atom stereocenters. The monoisotopic (exact) mass is 254 g/mol. The smallest absolute Gasteiger partial charge is 0.320 e. The summed E-state index contributed by atoms with van der Waals surface area (Å²) in [5.74, 6) is -0.483. The number of hydrogen-bond acceptors (Lipinski definition) is 4. The number of furan rings is 1. The van der Waals surface area contributed by atoms with Crippen molar-refractivity contribution in [3.05, 3.63) is 24.2 Å². The fourth-order valence-electron chi connectivity index (χ4n) is 1.67. The molecule has 0 bridgehead atoms. The van der Waals surface area contributed by atoms with Crippen molar-refractivity contribution in [2.24, 2.45) is 0 Å². The van der Waals surface area contributed by atoms with E-state index in [-0.39, 0.29) is 12.5 Å². The Hall–Kier alpha value is -1.82. The zero-order valence-electron chi connectivity index (χ0n) is 10.5. The van der Waals surface area contributed by atoms with Crippen LogP contribution in [0.5, 0.6) is 0 Å². The van der Waals surface area contributed by atoms with E-state index in [0.29, 0.717) is 18.7 Å². The van der Waals surface area contributed by atoms with Gasteiger partial charge in [0.25, 0.3) is 0 Å². The minimum Gasteiger partial charge on any atom is -0.480 e. The molecule has 1 rings (SSSR count). The van der Waals surface area contributed by atoms with E-state index in [0.717, 1.165) is 0 Å². The van der Waals surface area contributed by atoms with Crippen LogP contribution in [0.1, 0.15) is 19.1 Å². The topological polar surface area (TPSA) is 82.8 Å². The standard InChI is InChI=1S/C12H18N2O4/c1-3-10(12(16)17)14(2)8-11(15)13-7-9-5-4-6-18-9/h4-6,10H,3,7-8H2,1-2H3,(H,13,15)(H,16,17). The zero-order valence-corrected chi connectivity index (χ0v) is 10.5. The average molecular weight is 254 g/mol. The van der Waals surface area contributed by atoms with E-state index < -0.39 is 12.0 Å². The second-order valence-electron chi connectivity index (χ2n) is 4.03. The first kappa shape index (κ1) is 14.2. The molecular weight excluding hydrogens is 236 g/mol. The average Bonchev–Trinajstić information content (AvgIpc) is 2.79. The Morgan fingerprint density at radius 1 is 1.56 bits per heavy atom. The first-order chi connectivity index (χ1) is 8.54. The number of likely N-dealkylation sites (N-methyl/N-ethyl adjacent to an activating group) is 1. The lowest BCUT2D eigenvalue weighted by atomic mass is 10.2. The lowest BCUT2D eigenvalue weighted by Gasteiger charge is -2.22. The molecule has 0 aliphatic carbocycles. The van der Waals surface area contributed by atoms with Crippen molar-refractivity contribution < 1.29 is 19.1 Å². The van der Waals surface area contributed by atoms with E-state index in [2.05, 4.69) is 5.32 Å². The number of carbonyl (C=O) groups excluding carboxylic acids is 1. The maximum absolute atomic E-state index is 11.6. The third-order valence-electron chi connectivity index (χ3n) is 2.64. The Kier molecular flexibility index (Phi) is 5.38. The molecule has 1 aromatic rings. The molecule has 1 amide bonds. The van der Waals surface area contributed by atoms with Crippen molar-refractivity contribution in [3.8, 4) is 0 Å². The maximum Gasteiger partial charge on any atom is 0.320 e. The molecule has 6 nitrogen and oxygen atoms in total. The van der Waals surface area contributed by atoms with Gasteiger partial charge < -0.3 is 14.8 Å². The Morgan fingerprint density at radius 2 is 2.28 bits per heavy atom. The summed E-state index contributed by atoms with van der Waals surface area (Å²) in [7, 11) is 1.62. The summed E-state index contributed by atoms with van der Waals surface area (Å²) in [4.78, 5) is 24.0. The molecule has 0 aliphatic heterocycles. The van der Waals surface area contributed by atoms with E-state index in [9.17, 15) is 9.59 Å². The van der Waals surface area contributed by atoms with Crippen molar-refractivity contribution in [1.29, 1.82) is 0 Å². The van der Waals surface area contributed by atoms with E-state index in [1.54, 1.807) is 26.1 Å². The van der Waals surface area contributed by atoms with Gasteiger partial charge in [-0.15, -0.1) is 0 Å². The number of carboxylic acid groups (broad SMARTS) is 1. The predicted octanol–water partition coefficient (Wildman–Crippen LogP) is 0.691. The lowest BCUT2D eigenvalue weighted by Crippen LogP contribution is -2.43. The Bertz CT molecular complexity index is 389. The molecule has 1 aromatic heterocycles. The summed E-state index contributed by atoms with van der Waals surface area (Å²) >= 11 is 0. The molecule has 6 heteroatoms. The fourth-order valence-corrected chi connectivity index (χ4v) is 1.67. The number of hydrogen-bond donors (Lipinski definition) is 2. The summed E-state index contributed by atoms with van der Waals surface area (Å²) in [6, 6.07) is 2.86. The Morgan fingerprint density at radius 3 is 2.78 bits per heavy atom. The van der Waals surface area contributed by atoms with Gasteiger partial charge in [-0.05, 0) is 25.6 Å². The van der Waals surface area contributed by atoms with Crippen LogP contribution in [0.2, 0.25) is 0 Å². The van der Waals surface area contributed by atoms with E-state index in [1.807, 2.05) is 0 Å². The van der Waals surface area contributed by atoms with Gasteiger partial charge in [0.1, 0.15) is 11.8 Å². The first-order valence-electron chi connectivity index (χ1n) is 5.76. The molecule has 2 N–H and O–H groups in total. The largest absolute Gasteiger partial charge is 0.480 e. The van der Waals surface area contributed by atoms with Gasteiger partial charge >= 0.3 is 5.97 Å². The van der Waals surface area contributed by atoms with E-state index in [4.69, 9.17) is 9.52 Å². The second-order valence-corrected chi connectivity index (χ2v) is 4.03. The van der Waals surface area contributed by atoms with Crippen LogP contribution in [0.25, 0.3) is 0 Å². The highest BCUT2D eigenvalue weighted by Crippen LogP contribution is 2.02. The quantitative estimate of drug-likeness (QED) is 0.748. The highest BCUT2D eigenvalue weighted by atomic mass is 16.4. The van der Waals surface area contributed by atoms with Crippen LogP contribution in [0.3, 0.4) is 0 Å². The molecule has 1 atom stereocenters. The van der Waals surface area contributed by atoms with Crippen molar-refractivity contribution in [3.63, 3.8) is 0 Å². The fraction of sp³-hybridized carbons (Fsp3) is 0.500. The first-order valence-corrected chi connectivity index (χ1v) is 5.76. The van der Waals surface area contributed by atoms with Crippen molar-refractivity contribution in [1.82, 2.24) is 10.2 Å². The molecule has 0 radical (unpaired) electrons. The minimum absolute atomic E-state index is 0.0471. The molecule has 0 aromatic carbocycles. The third kappa shape index (κ3) is 4.21. The van der Waals surface area contributed by atoms with Gasteiger partial charge in [-0.1, -0.05) is 6.92 Å². The van der Waals surface area contributed by atoms with Gasteiger partial charge in [-0.3, -0.25) is 14.5 Å². The Labute approximate surface area is 106 Å². The van der Waals surface area contributed by atoms with Crippen molar-refractivity contribution in [2.45, 2.75) is 25.9 Å². The summed E-state index contributed by atoms with van der Waals surface area (Å²) in [6.07, 6.45) is 1.99. The van der Waals surface area contributed by atoms with E-state index >= 15 is 0 Å². The number of rotatable bonds is 7. The zero-order chi connectivity index (χ0) is 13.5. The molecule has 100 valence electrons. The van der Waals surface area contributed by atoms with Crippen molar-refractivity contribution in [2.75, 3.05) is 13.6 Å². The SMILES string of the molecule is CCC(C(=O)O)N(C)CC(=O)NCc1ccco1. The van der Waals surface area contributed by atoms with Crippen molar-refractivity contribution >= 4 is 11.9 Å². The van der Waals surface area contributed by atoms with Crippen LogP contribution in [0.4, 0.5) is 0 Å². The van der Waals surface area contributed by atoms with Gasteiger partial charge in [0, 0.05) is 0 Å². The van der Waals surface area contributed by atoms with Crippen LogP contribution < -0.4 is 5.32 Å². The van der Waals surface area contributed by atoms with Gasteiger partial charge in [-0.2, -0.15) is 0 Å². The molecular formula is C12H18N2O4. The Balaban J connectivity index is 2.37. The van der Waals surface area contributed by atoms with Gasteiger partial charge in [0.15, 0.2) is 0 Å². The number of carboxylic acids is 1. The molecule has 0 aliphatic rings. The predicted molar refractivity (Wildman–Crippen MR) is 64.9 cm³/mol. The summed E-state index contributed by atoms with van der Waals surface area (Å²) in [5, 5.41) is 11.6. The summed E-state index contributed by atoms with van der Waals surface area (Å²) < 4.78 is 5.07. The number of carbonyl (C=O) groups is 2. The number of aliphatic carboxylic acids is 1. The van der Waals surface area contributed by atoms with Crippen LogP contribution in [-0.4, -0.2) is 41.5 Å². The highest BCUT2D eigenvalue weighted by molar-refractivity contribution is 5.79. The van der Waals surface area contributed by atoms with E-state index in [1.165, 1.54) is 11.2 Å². The van der Waals surface area contributed by atoms with Gasteiger partial charge in [0.05, 0.1) is 19.4 Å². The number of nitrogens with zero attached hydrogens (tertiary/aromatic N) is 1. The number of amides is 1. The molecule has 1 heterocycles. The molecule has 0 fully saturated rings. The molecule has 18 heavy (non-hydrogen) atoms. The third-order valence-corrected chi connectivity index (χ3v) is 2.64. The van der Waals surface area contributed by atoms with Gasteiger partial charge in [-0.25, -0.2) is 0 Å². The van der Waals surface area contributed by atoms with Crippen LogP contribution in [0.15, 0.2) is 22.8 Å². The van der Waals surface area contributed by atoms with Crippen LogP contribution in [0, 0.1) is 0 Å². The molecule has 0 spiro atoms. The minimum atomic E-state index is -0.918. The summed E-state index contributed by atoms with van der Waals surface area (Å²) in [6.45, 7) is 2.13. The maximum atomic E-state index is 11.6. The van der Waals surface area contributed by atoms with Crippen LogP contribution >= 0.6 is 0 Å². The van der Waals surface area contributed by atoms with Crippen LogP contribution in [-0.2, 0) is 16.1 Å². The number of nitrogens with one attached hydrogen (secondary N) is 1. The summed E-state index contributed by atoms with van der Waals surface area (Å²) in [5.41, 5.74) is 0. The highest BCUT2D eigenvalue weighted by Gasteiger charge is 2.22. The second kappa shape index (κ2) is 6.80. The van der Waals surface area contributed by atoms with Gasteiger partial charge in [0.2, 0.25) is 5.91 Å². The lowest BCUT2D eigenvalue weighted by molar-refractivity contribution is -0.143. The molecule has 0 saturated heterocycles. The normalized spacial score (nSPS) is 12.4.